The van der Waals surface area contributed by atoms with Gasteiger partial charge in [0.2, 0.25) is 17.7 Å². The van der Waals surface area contributed by atoms with E-state index in [1.807, 2.05) is 133 Å². The highest BCUT2D eigenvalue weighted by Gasteiger charge is 2.34. The number of fused-ring (bicyclic) bond motifs is 4. The molecule has 7 rings (SSSR count). The molecule has 0 unspecified atom stereocenters. The van der Waals surface area contributed by atoms with Gasteiger partial charge in [-0.3, -0.25) is 14.4 Å². The Morgan fingerprint density at radius 3 is 1.65 bits per heavy atom. The highest BCUT2D eigenvalue weighted by molar-refractivity contribution is 5.95. The second-order valence-corrected chi connectivity index (χ2v) is 15.8. The number of aliphatic carboxylic acids is 1. The number of nitrogens with two attached hydrogens (primary N) is 1. The largest absolute Gasteiger partial charge is 0.480 e. The molecule has 1 aliphatic carbocycles. The Hall–Kier alpha value is -7.25. The summed E-state index contributed by atoms with van der Waals surface area (Å²) < 4.78 is 5.84. The average molecular weight is 849 g/mol. The van der Waals surface area contributed by atoms with E-state index in [2.05, 4.69) is 26.3 Å². The molecule has 0 saturated heterocycles. The minimum atomic E-state index is -1.23. The zero-order valence-electron chi connectivity index (χ0n) is 34.8. The minimum Gasteiger partial charge on any atom is -0.480 e. The fourth-order valence-electron chi connectivity index (χ4n) is 8.20. The summed E-state index contributed by atoms with van der Waals surface area (Å²) in [5, 5.41) is 22.0. The number of benzene rings is 5. The maximum absolute atomic E-state index is 14.5. The third kappa shape index (κ3) is 11.2. The monoisotopic (exact) mass is 848 g/mol. The van der Waals surface area contributed by atoms with E-state index in [0.717, 1.165) is 49.8 Å². The Balaban J connectivity index is 1.12. The molecule has 63 heavy (non-hydrogen) atoms. The van der Waals surface area contributed by atoms with Gasteiger partial charge in [-0.2, -0.15) is 0 Å². The molecule has 1 aliphatic rings. The number of ether oxygens (including phenoxy) is 1. The molecule has 1 heterocycles. The molecule has 5 aromatic carbocycles. The van der Waals surface area contributed by atoms with Crippen LogP contribution in [-0.2, 0) is 43.2 Å². The van der Waals surface area contributed by atoms with Crippen LogP contribution >= 0.6 is 0 Å². The lowest BCUT2D eigenvalue weighted by Gasteiger charge is -2.26. The quantitative estimate of drug-likeness (QED) is 0.0469. The number of aromatic amines is 1. The molecule has 324 valence electrons. The van der Waals surface area contributed by atoms with Crippen LogP contribution in [0.15, 0.2) is 140 Å². The summed E-state index contributed by atoms with van der Waals surface area (Å²) in [6, 6.07) is 36.9. The standard InChI is InChI=1S/C50H52N6O7/c51-26-14-13-25-42(49(60)61)53-48(59)45(29-34-30-52-41-24-12-11-19-35(34)41)55-46(57)43(27-32-15-3-1-4-16-32)54-47(58)44(28-33-17-5-2-6-18-33)56-50(62)63-31-40-38-22-9-7-20-36(38)37-21-8-10-23-39(37)40/h1-12,15-24,30,40,42-45,52H,13-14,25-29,31,51H2,(H,53,59)(H,54,58)(H,55,57)(H,56,62)(H,60,61)/t42-,43-,44-,45-/m0/s1. The minimum absolute atomic E-state index is 0.0166. The number of rotatable bonds is 20. The van der Waals surface area contributed by atoms with Crippen molar-refractivity contribution in [2.75, 3.05) is 13.2 Å². The Morgan fingerprint density at radius 2 is 1.08 bits per heavy atom. The number of aromatic nitrogens is 1. The molecule has 0 radical (unpaired) electrons. The van der Waals surface area contributed by atoms with Gasteiger partial charge in [-0.25, -0.2) is 9.59 Å². The Kier molecular flexibility index (Phi) is 14.6. The van der Waals surface area contributed by atoms with E-state index in [-0.39, 0.29) is 38.2 Å². The summed E-state index contributed by atoms with van der Waals surface area (Å²) >= 11 is 0. The van der Waals surface area contributed by atoms with Crippen LogP contribution in [0.2, 0.25) is 0 Å². The number of nitrogens with one attached hydrogen (secondary N) is 5. The first-order valence-electron chi connectivity index (χ1n) is 21.3. The topological polar surface area (TPSA) is 205 Å². The zero-order valence-corrected chi connectivity index (χ0v) is 34.8. The molecule has 0 bridgehead atoms. The van der Waals surface area contributed by atoms with Gasteiger partial charge in [-0.05, 0) is 70.8 Å². The average Bonchev–Trinajstić information content (AvgIpc) is 3.86. The van der Waals surface area contributed by atoms with E-state index in [1.54, 1.807) is 6.20 Å². The van der Waals surface area contributed by atoms with Crippen molar-refractivity contribution in [2.24, 2.45) is 5.73 Å². The number of alkyl carbamates (subject to hydrolysis) is 1. The van der Waals surface area contributed by atoms with Crippen LogP contribution in [0.4, 0.5) is 4.79 Å². The summed E-state index contributed by atoms with van der Waals surface area (Å²) in [4.78, 5) is 72.1. The molecule has 13 heteroatoms. The van der Waals surface area contributed by atoms with Crippen molar-refractivity contribution < 1.29 is 33.8 Å². The van der Waals surface area contributed by atoms with E-state index in [4.69, 9.17) is 10.5 Å². The van der Waals surface area contributed by atoms with Gasteiger partial charge in [-0.15, -0.1) is 0 Å². The number of H-pyrrole nitrogens is 1. The molecule has 0 saturated carbocycles. The van der Waals surface area contributed by atoms with Crippen molar-refractivity contribution in [3.8, 4) is 11.1 Å². The second-order valence-electron chi connectivity index (χ2n) is 15.8. The number of unbranched alkanes of at least 4 members (excludes halogenated alkanes) is 1. The summed E-state index contributed by atoms with van der Waals surface area (Å²) in [7, 11) is 0. The lowest BCUT2D eigenvalue weighted by molar-refractivity contribution is -0.142. The van der Waals surface area contributed by atoms with Crippen LogP contribution < -0.4 is 27.0 Å². The fraction of sp³-hybridized carbons (Fsp3) is 0.260. The van der Waals surface area contributed by atoms with E-state index in [9.17, 15) is 29.1 Å². The van der Waals surface area contributed by atoms with Gasteiger partial charge in [-0.1, -0.05) is 127 Å². The van der Waals surface area contributed by atoms with Gasteiger partial charge in [0.1, 0.15) is 30.8 Å². The van der Waals surface area contributed by atoms with Gasteiger partial charge in [0.05, 0.1) is 0 Å². The van der Waals surface area contributed by atoms with E-state index in [1.165, 1.54) is 0 Å². The number of hydrogen-bond acceptors (Lipinski definition) is 7. The molecule has 4 atom stereocenters. The Labute approximate surface area is 365 Å². The van der Waals surface area contributed by atoms with Crippen molar-refractivity contribution in [2.45, 2.75) is 68.6 Å². The molecule has 4 amide bonds. The molecule has 0 aliphatic heterocycles. The molecular weight excluding hydrogens is 797 g/mol. The first-order chi connectivity index (χ1) is 30.7. The Bertz CT molecular complexity index is 2480. The van der Waals surface area contributed by atoms with Crippen LogP contribution in [0.3, 0.4) is 0 Å². The van der Waals surface area contributed by atoms with E-state index in [0.29, 0.717) is 19.4 Å². The second kappa shape index (κ2) is 21.0. The molecule has 13 nitrogen and oxygen atoms in total. The number of amides is 4. The summed E-state index contributed by atoms with van der Waals surface area (Å²) in [5.74, 6) is -3.43. The summed E-state index contributed by atoms with van der Waals surface area (Å²) in [6.45, 7) is 0.412. The van der Waals surface area contributed by atoms with E-state index >= 15 is 0 Å². The zero-order chi connectivity index (χ0) is 44.1. The maximum Gasteiger partial charge on any atom is 0.407 e. The lowest BCUT2D eigenvalue weighted by Crippen LogP contribution is -2.59. The van der Waals surface area contributed by atoms with E-state index < -0.39 is 54.0 Å². The molecule has 0 fully saturated rings. The number of carbonyl (C=O) groups excluding carboxylic acids is 4. The Morgan fingerprint density at radius 1 is 0.587 bits per heavy atom. The number of hydrogen-bond donors (Lipinski definition) is 7. The third-order valence-corrected chi connectivity index (χ3v) is 11.4. The van der Waals surface area contributed by atoms with Gasteiger partial charge in [0.15, 0.2) is 0 Å². The maximum atomic E-state index is 14.5. The SMILES string of the molecule is NCCCC[C@H](NC(=O)[C@H](Cc1c[nH]c2ccccc12)NC(=O)[C@H](Cc1ccccc1)NC(=O)[C@H](Cc1ccccc1)NC(=O)OCC1c2ccccc2-c2ccccc21)C(=O)O. The van der Waals surface area contributed by atoms with Crippen molar-refractivity contribution in [1.29, 1.82) is 0 Å². The van der Waals surface area contributed by atoms with Crippen molar-refractivity contribution >= 4 is 40.7 Å². The number of carbonyl (C=O) groups is 5. The smallest absolute Gasteiger partial charge is 0.407 e. The molecular formula is C50H52N6O7. The summed E-state index contributed by atoms with van der Waals surface area (Å²) in [5.41, 5.74) is 12.9. The van der Waals surface area contributed by atoms with Crippen LogP contribution in [0.5, 0.6) is 0 Å². The van der Waals surface area contributed by atoms with Crippen LogP contribution in [0.1, 0.15) is 53.0 Å². The number of carboxylic acids is 1. The van der Waals surface area contributed by atoms with Crippen LogP contribution in [0, 0.1) is 0 Å². The van der Waals surface area contributed by atoms with Crippen molar-refractivity contribution in [1.82, 2.24) is 26.3 Å². The normalized spacial score (nSPS) is 13.7. The highest BCUT2D eigenvalue weighted by atomic mass is 16.5. The van der Waals surface area contributed by atoms with Gasteiger partial charge >= 0.3 is 12.1 Å². The van der Waals surface area contributed by atoms with Crippen molar-refractivity contribution in [3.63, 3.8) is 0 Å². The number of carboxylic acid groups (broad SMARTS) is 1. The number of para-hydroxylation sites is 1. The fourth-order valence-corrected chi connectivity index (χ4v) is 8.20. The van der Waals surface area contributed by atoms with Crippen LogP contribution in [-0.4, -0.2) is 77.2 Å². The first-order valence-corrected chi connectivity index (χ1v) is 21.3. The van der Waals surface area contributed by atoms with Gasteiger partial charge in [0.25, 0.3) is 0 Å². The molecule has 0 spiro atoms. The molecule has 6 aromatic rings. The summed E-state index contributed by atoms with van der Waals surface area (Å²) in [6.07, 6.45) is 2.30. The molecule has 8 N–H and O–H groups in total. The molecule has 1 aromatic heterocycles. The lowest BCUT2D eigenvalue weighted by atomic mass is 9.98. The predicted octanol–water partition coefficient (Wildman–Crippen LogP) is 5.77. The van der Waals surface area contributed by atoms with Gasteiger partial charge < -0.3 is 41.8 Å². The van der Waals surface area contributed by atoms with Crippen LogP contribution in [0.25, 0.3) is 22.0 Å². The third-order valence-electron chi connectivity index (χ3n) is 11.4. The first kappa shape index (κ1) is 43.8. The highest BCUT2D eigenvalue weighted by Crippen LogP contribution is 2.44. The van der Waals surface area contributed by atoms with Gasteiger partial charge in [0, 0.05) is 42.3 Å². The van der Waals surface area contributed by atoms with Crippen molar-refractivity contribution in [3.05, 3.63) is 167 Å². The predicted molar refractivity (Wildman–Crippen MR) is 241 cm³/mol.